The van der Waals surface area contributed by atoms with Gasteiger partial charge in [-0.3, -0.25) is 0 Å². The molecule has 0 aromatic heterocycles. The van der Waals surface area contributed by atoms with Crippen molar-refractivity contribution in [3.05, 3.63) is 0 Å². The van der Waals surface area contributed by atoms with Gasteiger partial charge in [0.05, 0.1) is 13.2 Å². The molecule has 1 aliphatic rings. The van der Waals surface area contributed by atoms with Gasteiger partial charge in [-0.05, 0) is 60.6 Å². The van der Waals surface area contributed by atoms with E-state index in [0.29, 0.717) is 32.4 Å². The monoisotopic (exact) mass is 466 g/mol. The lowest BCUT2D eigenvalue weighted by Crippen LogP contribution is -2.63. The minimum absolute atomic E-state index is 0.165. The summed E-state index contributed by atoms with van der Waals surface area (Å²) >= 11 is 0. The first-order valence-electron chi connectivity index (χ1n) is 10.9. The van der Waals surface area contributed by atoms with E-state index in [1.165, 1.54) is 12.5 Å². The molecule has 10 heteroatoms. The molecule has 0 radical (unpaired) electrons. The second-order valence-electron chi connectivity index (χ2n) is 9.13. The zero-order chi connectivity index (χ0) is 22.8. The van der Waals surface area contributed by atoms with Gasteiger partial charge in [-0.25, -0.2) is 4.79 Å². The van der Waals surface area contributed by atoms with Crippen molar-refractivity contribution in [3.8, 4) is 0 Å². The van der Waals surface area contributed by atoms with Crippen LogP contribution in [0, 0.1) is 0 Å². The van der Waals surface area contributed by atoms with Crippen molar-refractivity contribution in [2.75, 3.05) is 26.4 Å². The molecular formula is C19H46N2O5Si3. The number of rotatable bonds is 10. The third kappa shape index (κ3) is 10.6. The van der Waals surface area contributed by atoms with Gasteiger partial charge >= 0.3 is 14.8 Å². The van der Waals surface area contributed by atoms with Crippen LogP contribution in [0.1, 0.15) is 47.5 Å². The van der Waals surface area contributed by atoms with Crippen molar-refractivity contribution < 1.29 is 22.5 Å². The first-order valence-corrected chi connectivity index (χ1v) is 20.0. The van der Waals surface area contributed by atoms with E-state index in [4.69, 9.17) is 23.4 Å². The molecule has 0 spiro atoms. The van der Waals surface area contributed by atoms with Crippen LogP contribution in [0.15, 0.2) is 0 Å². The molecule has 0 bridgehead atoms. The Labute approximate surface area is 181 Å². The molecule has 3 N–H and O–H groups in total. The lowest BCUT2D eigenvalue weighted by molar-refractivity contribution is 0.0708. The highest BCUT2D eigenvalue weighted by Gasteiger charge is 2.49. The zero-order valence-corrected chi connectivity index (χ0v) is 23.3. The summed E-state index contributed by atoms with van der Waals surface area (Å²) in [6.07, 6.45) is 2.00. The number of carbonyl (C=O) groups is 1. The number of hydrogen-bond donors (Lipinski definition) is 2. The quantitative estimate of drug-likeness (QED) is 0.370. The summed E-state index contributed by atoms with van der Waals surface area (Å²) < 4.78 is 23.3. The highest BCUT2D eigenvalue weighted by molar-refractivity contribution is 7.38. The van der Waals surface area contributed by atoms with E-state index in [0.717, 1.165) is 6.42 Å². The molecule has 2 amide bonds. The summed E-state index contributed by atoms with van der Waals surface area (Å²) in [5.41, 5.74) is 5.15. The highest BCUT2D eigenvalue weighted by atomic mass is 29.3. The van der Waals surface area contributed by atoms with E-state index in [1.807, 2.05) is 20.8 Å². The van der Waals surface area contributed by atoms with Crippen LogP contribution < -0.4 is 11.1 Å². The Morgan fingerprint density at radius 3 is 1.90 bits per heavy atom. The number of primary amides is 1. The predicted molar refractivity (Wildman–Crippen MR) is 127 cm³/mol. The third-order valence-electron chi connectivity index (χ3n) is 5.57. The lowest BCUT2D eigenvalue weighted by Gasteiger charge is -2.49. The van der Waals surface area contributed by atoms with E-state index < -0.39 is 30.3 Å². The zero-order valence-electron chi connectivity index (χ0n) is 20.3. The van der Waals surface area contributed by atoms with Crippen molar-refractivity contribution >= 4 is 30.3 Å². The first kappa shape index (κ1) is 28.8. The number of urea groups is 1. The Kier molecular flexibility index (Phi) is 12.5. The van der Waals surface area contributed by atoms with Gasteiger partial charge < -0.3 is 28.8 Å². The number of carbonyl (C=O) groups excluding carboxylic acids is 1. The van der Waals surface area contributed by atoms with Gasteiger partial charge in [0, 0.05) is 32.4 Å². The molecule has 7 nitrogen and oxygen atoms in total. The Hall–Kier alpha value is -0.239. The summed E-state index contributed by atoms with van der Waals surface area (Å²) in [5, 5.41) is 2.54. The number of amides is 2. The molecule has 0 saturated carbocycles. The standard InChI is InChI=1S/C10H24N2O4Si.C9H22OSi2/c1-4-14-17(15-5-2,16-6-3)9-7-8-12-10(11)13;1-9(2)7-8-11(3,4)12(5,6)10-9/h4-9H2,1-3H3,(H3,11,12,13);7-8H2,1-6H3. The number of nitrogens with one attached hydrogen (secondary N) is 1. The average molecular weight is 467 g/mol. The van der Waals surface area contributed by atoms with Crippen molar-refractivity contribution in [2.24, 2.45) is 5.73 Å². The summed E-state index contributed by atoms with van der Waals surface area (Å²) in [5.74, 6) is 0. The molecule has 1 aliphatic heterocycles. The van der Waals surface area contributed by atoms with Gasteiger partial charge in [-0.2, -0.15) is 0 Å². The second kappa shape index (κ2) is 12.6. The van der Waals surface area contributed by atoms with Crippen LogP contribution in [0.2, 0.25) is 38.3 Å². The lowest BCUT2D eigenvalue weighted by atomic mass is 10.1. The minimum Gasteiger partial charge on any atom is -0.415 e. The van der Waals surface area contributed by atoms with Crippen LogP contribution in [0.25, 0.3) is 0 Å². The molecule has 174 valence electrons. The van der Waals surface area contributed by atoms with Crippen LogP contribution in [0.5, 0.6) is 0 Å². The highest BCUT2D eigenvalue weighted by Crippen LogP contribution is 2.38. The van der Waals surface area contributed by atoms with Crippen LogP contribution in [-0.4, -0.2) is 62.2 Å². The Bertz CT molecular complexity index is 473. The van der Waals surface area contributed by atoms with Gasteiger partial charge in [0.2, 0.25) is 0 Å². The van der Waals surface area contributed by atoms with Crippen LogP contribution in [-0.2, 0) is 17.7 Å². The third-order valence-corrected chi connectivity index (χ3v) is 25.4. The Balaban J connectivity index is 0.000000571. The number of hydrogen-bond acceptors (Lipinski definition) is 5. The molecule has 0 unspecified atom stereocenters. The Morgan fingerprint density at radius 1 is 1.07 bits per heavy atom. The summed E-state index contributed by atoms with van der Waals surface area (Å²) in [4.78, 5) is 10.5. The summed E-state index contributed by atoms with van der Waals surface area (Å²) in [7, 11) is -4.86. The minimum atomic E-state index is -2.56. The fourth-order valence-corrected chi connectivity index (χ4v) is 13.4. The van der Waals surface area contributed by atoms with Crippen molar-refractivity contribution in [3.63, 3.8) is 0 Å². The molecule has 1 heterocycles. The van der Waals surface area contributed by atoms with E-state index in [2.05, 4.69) is 45.4 Å². The first-order chi connectivity index (χ1) is 13.3. The second-order valence-corrected chi connectivity index (χ2v) is 27.0. The maximum absolute atomic E-state index is 10.5. The smallest absolute Gasteiger partial charge is 0.415 e. The molecular weight excluding hydrogens is 420 g/mol. The predicted octanol–water partition coefficient (Wildman–Crippen LogP) is 4.27. The van der Waals surface area contributed by atoms with Crippen LogP contribution in [0.4, 0.5) is 4.79 Å². The van der Waals surface area contributed by atoms with Crippen molar-refractivity contribution in [2.45, 2.75) is 91.3 Å². The largest absolute Gasteiger partial charge is 0.500 e. The van der Waals surface area contributed by atoms with Crippen LogP contribution in [0.3, 0.4) is 0 Å². The molecule has 1 fully saturated rings. The fraction of sp³-hybridized carbons (Fsp3) is 0.947. The van der Waals surface area contributed by atoms with E-state index in [-0.39, 0.29) is 5.60 Å². The van der Waals surface area contributed by atoms with Gasteiger partial charge in [0.15, 0.2) is 7.83 Å². The topological polar surface area (TPSA) is 92.0 Å². The molecule has 0 atom stereocenters. The maximum atomic E-state index is 10.5. The van der Waals surface area contributed by atoms with Crippen LogP contribution >= 0.6 is 0 Å². The SMILES string of the molecule is CC1(C)CC[Si](C)(C)[Si](C)(C)O1.CCO[Si](CCCNC(N)=O)(OCC)OCC. The summed E-state index contributed by atoms with van der Waals surface area (Å²) in [6, 6.07) is 1.63. The van der Waals surface area contributed by atoms with Gasteiger partial charge in [0.1, 0.15) is 0 Å². The molecule has 1 rings (SSSR count). The Morgan fingerprint density at radius 2 is 1.55 bits per heavy atom. The van der Waals surface area contributed by atoms with Gasteiger partial charge in [-0.1, -0.05) is 19.1 Å². The van der Waals surface area contributed by atoms with E-state index in [1.54, 1.807) is 0 Å². The van der Waals surface area contributed by atoms with Gasteiger partial charge in [-0.15, -0.1) is 0 Å². The summed E-state index contributed by atoms with van der Waals surface area (Å²) in [6.45, 7) is 22.2. The van der Waals surface area contributed by atoms with Crippen molar-refractivity contribution in [1.29, 1.82) is 0 Å². The van der Waals surface area contributed by atoms with Gasteiger partial charge in [0.25, 0.3) is 0 Å². The fourth-order valence-electron chi connectivity index (χ4n) is 3.31. The van der Waals surface area contributed by atoms with E-state index in [9.17, 15) is 4.79 Å². The maximum Gasteiger partial charge on any atom is 0.500 e. The normalized spacial score (nSPS) is 19.8. The van der Waals surface area contributed by atoms with E-state index >= 15 is 0 Å². The molecule has 0 aliphatic carbocycles. The molecule has 0 aromatic carbocycles. The van der Waals surface area contributed by atoms with Crippen molar-refractivity contribution in [1.82, 2.24) is 5.32 Å². The molecule has 0 aromatic rings. The average Bonchev–Trinajstić information content (AvgIpc) is 2.56. The number of nitrogens with two attached hydrogens (primary N) is 1. The molecule has 29 heavy (non-hydrogen) atoms. The molecule has 1 saturated heterocycles.